The van der Waals surface area contributed by atoms with Crippen molar-refractivity contribution in [3.63, 3.8) is 0 Å². The van der Waals surface area contributed by atoms with Crippen LogP contribution >= 0.6 is 35.3 Å². The van der Waals surface area contributed by atoms with E-state index < -0.39 is 181 Å². The van der Waals surface area contributed by atoms with E-state index in [1.54, 1.807) is 0 Å². The van der Waals surface area contributed by atoms with Gasteiger partial charge in [0.15, 0.2) is 54.9 Å². The Hall–Kier alpha value is -5.47. The molecule has 0 aromatic carbocycles. The zero-order chi connectivity index (χ0) is 59.3. The van der Waals surface area contributed by atoms with E-state index in [-0.39, 0.29) is 36.9 Å². The first kappa shape index (κ1) is 67.8. The lowest BCUT2D eigenvalue weighted by atomic mass is 9.99. The molecule has 3 aliphatic rings. The molecule has 3 rings (SSSR count). The molecule has 0 saturated carbocycles. The molecule has 0 unspecified atom stereocenters. The SMILES string of the molecule is CC(=O)OC[C@H]1O[C@@H](SCCN(CCS[C@@H]2O[C@H](COC(C)=O)[C@H](OC(C)=O)[C@H](OC(C)=O)[C@H]2OC(C)=O)CCS[C@@H]2O[C@H](COC(C)=O)[C@H](OC(C)=O)[C@H](OC(C)=O)[C@H]2OC(C)=O)[C@H](OC(C)=O)[C@@H](OC(C)=O)[C@H]1OC(C)=O. The molecule has 446 valence electrons. The van der Waals surface area contributed by atoms with Crippen molar-refractivity contribution in [2.75, 3.05) is 56.7 Å². The topological polar surface area (TPSA) is 347 Å². The van der Waals surface area contributed by atoms with Crippen molar-refractivity contribution in [3.05, 3.63) is 0 Å². The molecule has 0 bridgehead atoms. The molecule has 3 saturated heterocycles. The van der Waals surface area contributed by atoms with E-state index in [0.29, 0.717) is 0 Å². The van der Waals surface area contributed by atoms with E-state index in [4.69, 9.17) is 71.1 Å². The second-order valence-corrected chi connectivity index (χ2v) is 21.3. The molecule has 79 heavy (non-hydrogen) atoms. The predicted molar refractivity (Wildman–Crippen MR) is 270 cm³/mol. The molecule has 31 heteroatoms. The summed E-state index contributed by atoms with van der Waals surface area (Å²) in [5.74, 6) is -9.06. The predicted octanol–water partition coefficient (Wildman–Crippen LogP) is 0.737. The van der Waals surface area contributed by atoms with Gasteiger partial charge in [0.05, 0.1) is 0 Å². The van der Waals surface area contributed by atoms with Gasteiger partial charge in [-0.2, -0.15) is 0 Å². The summed E-state index contributed by atoms with van der Waals surface area (Å²) in [6.07, 6.45) is -16.4. The summed E-state index contributed by atoms with van der Waals surface area (Å²) in [6.45, 7) is 12.4. The van der Waals surface area contributed by atoms with Crippen molar-refractivity contribution in [1.82, 2.24) is 4.90 Å². The van der Waals surface area contributed by atoms with E-state index in [0.717, 1.165) is 118 Å². The second-order valence-electron chi connectivity index (χ2n) is 17.7. The third-order valence-corrected chi connectivity index (χ3v) is 14.3. The lowest BCUT2D eigenvalue weighted by Crippen LogP contribution is -2.61. The second kappa shape index (κ2) is 33.3. The Morgan fingerprint density at radius 2 is 0.481 bits per heavy atom. The molecule has 0 radical (unpaired) electrons. The maximum absolute atomic E-state index is 12.6. The molecular formula is C48H69NO27S3. The Balaban J connectivity index is 2.07. The quantitative estimate of drug-likeness (QED) is 0.0808. The van der Waals surface area contributed by atoms with Crippen LogP contribution in [0.4, 0.5) is 0 Å². The summed E-state index contributed by atoms with van der Waals surface area (Å²) in [5.41, 5.74) is -3.45. The van der Waals surface area contributed by atoms with Crippen LogP contribution in [-0.4, -0.2) is 223 Å². The highest BCUT2D eigenvalue weighted by atomic mass is 32.2. The highest BCUT2D eigenvalue weighted by Gasteiger charge is 2.55. The molecule has 0 aromatic rings. The molecule has 15 atom stereocenters. The number of hydrogen-bond donors (Lipinski definition) is 0. The summed E-state index contributed by atoms with van der Waals surface area (Å²) in [5, 5.41) is 0. The van der Waals surface area contributed by atoms with Crippen molar-refractivity contribution in [1.29, 1.82) is 0 Å². The van der Waals surface area contributed by atoms with Crippen molar-refractivity contribution in [2.24, 2.45) is 0 Å². The number of carbonyl (C=O) groups excluding carboxylic acids is 12. The standard InChI is InChI=1S/C48H69NO27S3/c1-22(50)62-19-34-37(65-25(4)53)40(68-28(7)56)43(71-31(10)59)46(74-34)77-16-13-49(14-17-78-47-44(72-32(11)60)41(69-29(8)57)38(66-26(5)54)35(75-47)20-63-23(2)51)15-18-79-48-45(73-33(12)61)42(70-30(9)58)39(67-27(6)55)36(76-48)21-64-24(3)52/h34-48H,13-21H2,1-12H3/t34-,35-,36-,37+,38+,39+,40+,41+,42+,43-,44-,45-,46+,47+,48+/m1/s1. The maximum atomic E-state index is 12.6. The third-order valence-electron chi connectivity index (χ3n) is 10.9. The highest BCUT2D eigenvalue weighted by molar-refractivity contribution is 8.00. The van der Waals surface area contributed by atoms with E-state index in [1.165, 1.54) is 0 Å². The van der Waals surface area contributed by atoms with Crippen LogP contribution in [-0.2, 0) is 129 Å². The Morgan fingerprint density at radius 1 is 0.291 bits per heavy atom. The zero-order valence-electron chi connectivity index (χ0n) is 45.7. The van der Waals surface area contributed by atoms with Gasteiger partial charge in [-0.15, -0.1) is 35.3 Å². The first-order chi connectivity index (χ1) is 37.1. The number of rotatable bonds is 27. The van der Waals surface area contributed by atoms with Crippen LogP contribution in [0.2, 0.25) is 0 Å². The van der Waals surface area contributed by atoms with Gasteiger partial charge in [-0.25, -0.2) is 0 Å². The smallest absolute Gasteiger partial charge is 0.303 e. The van der Waals surface area contributed by atoms with Crippen molar-refractivity contribution < 1.29 is 129 Å². The Labute approximate surface area is 468 Å². The summed E-state index contributed by atoms with van der Waals surface area (Å²) in [4.78, 5) is 150. The minimum Gasteiger partial charge on any atom is -0.463 e. The fourth-order valence-corrected chi connectivity index (χ4v) is 11.8. The van der Waals surface area contributed by atoms with Gasteiger partial charge in [-0.3, -0.25) is 57.5 Å². The molecule has 3 heterocycles. The van der Waals surface area contributed by atoms with Crippen LogP contribution in [0.3, 0.4) is 0 Å². The molecule has 28 nitrogen and oxygen atoms in total. The van der Waals surface area contributed by atoms with Gasteiger partial charge >= 0.3 is 71.6 Å². The van der Waals surface area contributed by atoms with Crippen LogP contribution in [0.5, 0.6) is 0 Å². The Kier molecular flexibility index (Phi) is 28.6. The van der Waals surface area contributed by atoms with Gasteiger partial charge in [0.25, 0.3) is 0 Å². The van der Waals surface area contributed by atoms with Gasteiger partial charge in [0, 0.05) is 120 Å². The highest BCUT2D eigenvalue weighted by Crippen LogP contribution is 2.38. The maximum Gasteiger partial charge on any atom is 0.303 e. The van der Waals surface area contributed by atoms with Crippen molar-refractivity contribution in [2.45, 2.75) is 173 Å². The molecule has 3 fully saturated rings. The monoisotopic (exact) mass is 1190 g/mol. The van der Waals surface area contributed by atoms with Crippen LogP contribution in [0, 0.1) is 0 Å². The average molecular weight is 1190 g/mol. The van der Waals surface area contributed by atoms with E-state index in [1.807, 2.05) is 4.90 Å². The van der Waals surface area contributed by atoms with Crippen LogP contribution in [0.15, 0.2) is 0 Å². The first-order valence-electron chi connectivity index (χ1n) is 24.5. The van der Waals surface area contributed by atoms with Crippen LogP contribution in [0.25, 0.3) is 0 Å². The Bertz CT molecular complexity index is 1930. The van der Waals surface area contributed by atoms with Gasteiger partial charge in [-0.05, 0) is 0 Å². The van der Waals surface area contributed by atoms with Crippen molar-refractivity contribution in [3.8, 4) is 0 Å². The lowest BCUT2D eigenvalue weighted by Gasteiger charge is -2.44. The first-order valence-corrected chi connectivity index (χ1v) is 27.7. The largest absolute Gasteiger partial charge is 0.463 e. The van der Waals surface area contributed by atoms with E-state index in [2.05, 4.69) is 0 Å². The normalized spacial score (nSPS) is 28.3. The number of ether oxygens (including phenoxy) is 15. The summed E-state index contributed by atoms with van der Waals surface area (Å²) < 4.78 is 84.8. The molecule has 0 aliphatic carbocycles. The molecular weight excluding hydrogens is 1120 g/mol. The molecule has 0 spiro atoms. The molecule has 0 amide bonds. The fraction of sp³-hybridized carbons (Fsp3) is 0.750. The van der Waals surface area contributed by atoms with Gasteiger partial charge in [-0.1, -0.05) is 0 Å². The minimum atomic E-state index is -1.44. The fourth-order valence-electron chi connectivity index (χ4n) is 8.20. The molecule has 0 N–H and O–H groups in total. The Morgan fingerprint density at radius 3 is 0.671 bits per heavy atom. The zero-order valence-corrected chi connectivity index (χ0v) is 48.2. The number of nitrogens with zero attached hydrogens (tertiary/aromatic N) is 1. The third kappa shape index (κ3) is 23.6. The number of hydrogen-bond acceptors (Lipinski definition) is 31. The molecule has 3 aliphatic heterocycles. The number of esters is 12. The summed E-state index contributed by atoms with van der Waals surface area (Å²) >= 11 is 3.26. The van der Waals surface area contributed by atoms with Crippen LogP contribution in [0.1, 0.15) is 83.1 Å². The number of thioether (sulfide) groups is 3. The summed E-state index contributed by atoms with van der Waals surface area (Å²) in [6, 6.07) is 0. The van der Waals surface area contributed by atoms with Crippen LogP contribution < -0.4 is 0 Å². The van der Waals surface area contributed by atoms with Gasteiger partial charge in [0.2, 0.25) is 0 Å². The van der Waals surface area contributed by atoms with E-state index >= 15 is 0 Å². The lowest BCUT2D eigenvalue weighted by molar-refractivity contribution is -0.237. The molecule has 0 aromatic heterocycles. The van der Waals surface area contributed by atoms with Gasteiger partial charge in [0.1, 0.15) is 54.4 Å². The van der Waals surface area contributed by atoms with Gasteiger partial charge < -0.3 is 76.0 Å². The number of carbonyl (C=O) groups is 12. The van der Waals surface area contributed by atoms with E-state index in [9.17, 15) is 57.5 Å². The average Bonchev–Trinajstić information content (AvgIpc) is 3.30. The minimum absolute atomic E-state index is 0.140. The summed E-state index contributed by atoms with van der Waals surface area (Å²) in [7, 11) is 0. The van der Waals surface area contributed by atoms with Crippen molar-refractivity contribution >= 4 is 107 Å².